The van der Waals surface area contributed by atoms with Crippen molar-refractivity contribution in [3.8, 4) is 17.0 Å². The van der Waals surface area contributed by atoms with Crippen LogP contribution in [0.5, 0.6) is 5.75 Å². The Kier molecular flexibility index (Phi) is 8.40. The molecular weight excluding hydrogens is 390 g/mol. The molecule has 3 rings (SSSR count). The molecule has 0 amide bonds. The minimum Gasteiger partial charge on any atom is -0.508 e. The second-order valence-corrected chi connectivity index (χ2v) is 6.07. The molecule has 4 N–H and O–H groups in total. The highest BCUT2D eigenvalue weighted by molar-refractivity contribution is 6.27. The molecule has 158 valence electrons. The van der Waals surface area contributed by atoms with Crippen LogP contribution < -0.4 is 5.32 Å². The molecule has 1 heterocycles. The van der Waals surface area contributed by atoms with Gasteiger partial charge in [0, 0.05) is 25.8 Å². The Balaban J connectivity index is 0.000000469. The Bertz CT molecular complexity index is 960. The Labute approximate surface area is 173 Å². The van der Waals surface area contributed by atoms with Crippen LogP contribution in [-0.4, -0.2) is 50.5 Å². The molecule has 0 unspecified atom stereocenters. The van der Waals surface area contributed by atoms with E-state index in [4.69, 9.17) is 24.5 Å². The molecule has 0 aliphatic carbocycles. The van der Waals surface area contributed by atoms with Gasteiger partial charge in [-0.2, -0.15) is 0 Å². The number of para-hydroxylation sites is 1. The third-order valence-electron chi connectivity index (χ3n) is 4.06. The van der Waals surface area contributed by atoms with Gasteiger partial charge in [0.05, 0.1) is 18.5 Å². The van der Waals surface area contributed by atoms with Crippen LogP contribution in [0.4, 0.5) is 5.95 Å². The lowest BCUT2D eigenvalue weighted by Gasteiger charge is -2.13. The molecule has 2 aromatic carbocycles. The maximum Gasteiger partial charge on any atom is 0.414 e. The molecule has 0 aliphatic heterocycles. The number of aromatic hydroxyl groups is 1. The first kappa shape index (κ1) is 22.4. The molecule has 0 radical (unpaired) electrons. The topological polar surface area (TPSA) is 134 Å². The van der Waals surface area contributed by atoms with Gasteiger partial charge in [-0.25, -0.2) is 14.6 Å². The summed E-state index contributed by atoms with van der Waals surface area (Å²) in [6, 6.07) is 17.4. The number of carbonyl (C=O) groups is 2. The fourth-order valence-electron chi connectivity index (χ4n) is 2.60. The van der Waals surface area contributed by atoms with Crippen LogP contribution in [0.2, 0.25) is 0 Å². The number of benzene rings is 2. The highest BCUT2D eigenvalue weighted by Crippen LogP contribution is 2.24. The SMILES string of the molecule is COCCn1c(-c2ccccc2)cnc1NCc1ccccc1O.O=C(O)C(=O)O. The molecule has 30 heavy (non-hydrogen) atoms. The van der Waals surface area contributed by atoms with Crippen LogP contribution in [0.1, 0.15) is 5.56 Å². The number of anilines is 1. The Morgan fingerprint density at radius 3 is 2.27 bits per heavy atom. The van der Waals surface area contributed by atoms with Crippen LogP contribution in [-0.2, 0) is 27.4 Å². The van der Waals surface area contributed by atoms with Gasteiger partial charge < -0.3 is 29.9 Å². The number of rotatable bonds is 7. The number of ether oxygens (including phenoxy) is 1. The van der Waals surface area contributed by atoms with Crippen molar-refractivity contribution >= 4 is 17.9 Å². The fraction of sp³-hybridized carbons (Fsp3) is 0.190. The van der Waals surface area contributed by atoms with Crippen LogP contribution >= 0.6 is 0 Å². The summed E-state index contributed by atoms with van der Waals surface area (Å²) < 4.78 is 7.32. The number of carboxylic acid groups (broad SMARTS) is 2. The molecule has 1 aromatic heterocycles. The minimum atomic E-state index is -1.82. The predicted octanol–water partition coefficient (Wildman–Crippen LogP) is 2.67. The normalized spacial score (nSPS) is 10.0. The average molecular weight is 413 g/mol. The van der Waals surface area contributed by atoms with Crippen molar-refractivity contribution in [3.05, 3.63) is 66.4 Å². The lowest BCUT2D eigenvalue weighted by molar-refractivity contribution is -0.159. The number of methoxy groups -OCH3 is 1. The highest BCUT2D eigenvalue weighted by atomic mass is 16.5. The van der Waals surface area contributed by atoms with Crippen LogP contribution in [0.25, 0.3) is 11.3 Å². The maximum atomic E-state index is 9.90. The first-order chi connectivity index (χ1) is 14.4. The molecule has 0 aliphatic rings. The third-order valence-corrected chi connectivity index (χ3v) is 4.06. The standard InChI is InChI=1S/C19H21N3O2.C2H2O4/c1-24-12-11-22-17(15-7-3-2-4-8-15)14-21-19(22)20-13-16-9-5-6-10-18(16)23;3-1(4)2(5)6/h2-10,14,23H,11-13H2,1H3,(H,20,21);(H,3,4)(H,5,6). The van der Waals surface area contributed by atoms with Crippen LogP contribution in [0.15, 0.2) is 60.8 Å². The van der Waals surface area contributed by atoms with Crippen molar-refractivity contribution in [3.63, 3.8) is 0 Å². The number of imidazole rings is 1. The van der Waals surface area contributed by atoms with Crippen molar-refractivity contribution in [1.29, 1.82) is 0 Å². The van der Waals surface area contributed by atoms with E-state index in [1.165, 1.54) is 0 Å². The largest absolute Gasteiger partial charge is 0.508 e. The van der Waals surface area contributed by atoms with Gasteiger partial charge in [0.2, 0.25) is 5.95 Å². The van der Waals surface area contributed by atoms with E-state index in [-0.39, 0.29) is 5.75 Å². The molecular formula is C21H23N3O6. The van der Waals surface area contributed by atoms with Gasteiger partial charge in [0.15, 0.2) is 0 Å². The van der Waals surface area contributed by atoms with Crippen molar-refractivity contribution in [2.45, 2.75) is 13.1 Å². The van der Waals surface area contributed by atoms with Gasteiger partial charge in [-0.05, 0) is 11.6 Å². The predicted molar refractivity (Wildman–Crippen MR) is 110 cm³/mol. The molecule has 0 fully saturated rings. The van der Waals surface area contributed by atoms with E-state index in [0.29, 0.717) is 19.7 Å². The Morgan fingerprint density at radius 1 is 1.03 bits per heavy atom. The van der Waals surface area contributed by atoms with Gasteiger partial charge in [0.25, 0.3) is 0 Å². The summed E-state index contributed by atoms with van der Waals surface area (Å²) in [5.74, 6) is -2.61. The average Bonchev–Trinajstić information content (AvgIpc) is 3.15. The van der Waals surface area contributed by atoms with Crippen LogP contribution in [0.3, 0.4) is 0 Å². The van der Waals surface area contributed by atoms with E-state index in [0.717, 1.165) is 22.8 Å². The summed E-state index contributed by atoms with van der Waals surface area (Å²) in [6.07, 6.45) is 1.86. The molecule has 0 saturated heterocycles. The number of aromatic nitrogens is 2. The Hall–Kier alpha value is -3.85. The van der Waals surface area contributed by atoms with E-state index in [1.54, 1.807) is 13.2 Å². The van der Waals surface area contributed by atoms with Gasteiger partial charge in [-0.15, -0.1) is 0 Å². The Morgan fingerprint density at radius 2 is 1.67 bits per heavy atom. The summed E-state index contributed by atoms with van der Waals surface area (Å²) in [4.78, 5) is 22.7. The van der Waals surface area contributed by atoms with Gasteiger partial charge in [-0.3, -0.25) is 0 Å². The quantitative estimate of drug-likeness (QED) is 0.434. The zero-order valence-electron chi connectivity index (χ0n) is 16.4. The van der Waals surface area contributed by atoms with Gasteiger partial charge >= 0.3 is 11.9 Å². The molecule has 0 bridgehead atoms. The number of nitrogens with one attached hydrogen (secondary N) is 1. The zero-order valence-corrected chi connectivity index (χ0v) is 16.4. The number of phenolic OH excluding ortho intramolecular Hbond substituents is 1. The lowest BCUT2D eigenvalue weighted by Crippen LogP contribution is -2.11. The highest BCUT2D eigenvalue weighted by Gasteiger charge is 2.12. The second kappa shape index (κ2) is 11.2. The lowest BCUT2D eigenvalue weighted by atomic mass is 10.2. The van der Waals surface area contributed by atoms with E-state index < -0.39 is 11.9 Å². The van der Waals surface area contributed by atoms with Crippen molar-refractivity contribution < 1.29 is 29.6 Å². The monoisotopic (exact) mass is 413 g/mol. The maximum absolute atomic E-state index is 9.90. The van der Waals surface area contributed by atoms with Crippen molar-refractivity contribution in [1.82, 2.24) is 9.55 Å². The number of nitrogens with zero attached hydrogens (tertiary/aromatic N) is 2. The van der Waals surface area contributed by atoms with Gasteiger partial charge in [0.1, 0.15) is 5.75 Å². The number of hydrogen-bond acceptors (Lipinski definition) is 6. The van der Waals surface area contributed by atoms with Gasteiger partial charge in [-0.1, -0.05) is 48.5 Å². The van der Waals surface area contributed by atoms with Crippen LogP contribution in [0, 0.1) is 0 Å². The number of phenols is 1. The molecule has 9 heteroatoms. The van der Waals surface area contributed by atoms with E-state index in [9.17, 15) is 5.11 Å². The second-order valence-electron chi connectivity index (χ2n) is 6.07. The molecule has 0 saturated carbocycles. The molecule has 3 aromatic rings. The summed E-state index contributed by atoms with van der Waals surface area (Å²) in [6.45, 7) is 1.80. The van der Waals surface area contributed by atoms with E-state index in [2.05, 4.69) is 27.0 Å². The summed E-state index contributed by atoms with van der Waals surface area (Å²) in [7, 11) is 1.69. The van der Waals surface area contributed by atoms with E-state index in [1.807, 2.05) is 42.6 Å². The number of carboxylic acids is 2. The third kappa shape index (κ3) is 6.35. The summed E-state index contributed by atoms with van der Waals surface area (Å²) >= 11 is 0. The van der Waals surface area contributed by atoms with Crippen molar-refractivity contribution in [2.75, 3.05) is 19.0 Å². The zero-order chi connectivity index (χ0) is 21.9. The van der Waals surface area contributed by atoms with E-state index >= 15 is 0 Å². The number of hydrogen-bond donors (Lipinski definition) is 4. The molecule has 9 nitrogen and oxygen atoms in total. The molecule has 0 atom stereocenters. The summed E-state index contributed by atoms with van der Waals surface area (Å²) in [5.41, 5.74) is 2.98. The fourth-order valence-corrected chi connectivity index (χ4v) is 2.60. The molecule has 0 spiro atoms. The van der Waals surface area contributed by atoms with Crippen molar-refractivity contribution in [2.24, 2.45) is 0 Å². The number of aliphatic carboxylic acids is 2. The smallest absolute Gasteiger partial charge is 0.414 e. The minimum absolute atomic E-state index is 0.281. The first-order valence-electron chi connectivity index (χ1n) is 9.01. The summed E-state index contributed by atoms with van der Waals surface area (Å²) in [5, 5.41) is 28.0. The first-order valence-corrected chi connectivity index (χ1v) is 9.01.